The third-order valence-corrected chi connectivity index (χ3v) is 4.14. The van der Waals surface area contributed by atoms with Crippen LogP contribution in [0.15, 0.2) is 51.4 Å². The van der Waals surface area contributed by atoms with Gasteiger partial charge in [-0.05, 0) is 59.1 Å². The maximum Gasteiger partial charge on any atom is 0.0500 e. The summed E-state index contributed by atoms with van der Waals surface area (Å²) >= 11 is 7.06. The molecule has 2 rings (SSSR count). The second-order valence-electron chi connectivity index (χ2n) is 4.35. The van der Waals surface area contributed by atoms with Crippen molar-refractivity contribution in [2.24, 2.45) is 0 Å². The number of anilines is 1. The number of hydrogen-bond donors (Lipinski definition) is 1. The van der Waals surface area contributed by atoms with Crippen LogP contribution in [0.2, 0.25) is 0 Å². The van der Waals surface area contributed by atoms with Crippen molar-refractivity contribution in [3.05, 3.63) is 62.5 Å². The second kappa shape index (κ2) is 5.89. The zero-order valence-electron chi connectivity index (χ0n) is 10.4. The SMILES string of the molecule is Cc1ccccc1C(C)Nc1cc(Br)ccc1Br. The van der Waals surface area contributed by atoms with Gasteiger partial charge in [0.2, 0.25) is 0 Å². The van der Waals surface area contributed by atoms with Crippen LogP contribution in [-0.4, -0.2) is 0 Å². The van der Waals surface area contributed by atoms with Gasteiger partial charge in [-0.3, -0.25) is 0 Å². The van der Waals surface area contributed by atoms with E-state index in [4.69, 9.17) is 0 Å². The van der Waals surface area contributed by atoms with Crippen LogP contribution >= 0.6 is 31.9 Å². The third kappa shape index (κ3) is 3.15. The van der Waals surface area contributed by atoms with E-state index in [9.17, 15) is 0 Å². The normalized spacial score (nSPS) is 12.2. The quantitative estimate of drug-likeness (QED) is 0.733. The Morgan fingerprint density at radius 3 is 2.50 bits per heavy atom. The molecule has 1 atom stereocenters. The number of nitrogens with one attached hydrogen (secondary N) is 1. The van der Waals surface area contributed by atoms with E-state index in [1.54, 1.807) is 0 Å². The van der Waals surface area contributed by atoms with E-state index in [0.717, 1.165) is 14.6 Å². The summed E-state index contributed by atoms with van der Waals surface area (Å²) in [7, 11) is 0. The van der Waals surface area contributed by atoms with Crippen LogP contribution in [-0.2, 0) is 0 Å². The van der Waals surface area contributed by atoms with Crippen molar-refractivity contribution < 1.29 is 0 Å². The van der Waals surface area contributed by atoms with E-state index >= 15 is 0 Å². The highest BCUT2D eigenvalue weighted by atomic mass is 79.9. The van der Waals surface area contributed by atoms with Crippen LogP contribution in [0.25, 0.3) is 0 Å². The molecule has 0 aliphatic carbocycles. The molecule has 2 aromatic carbocycles. The largest absolute Gasteiger partial charge is 0.378 e. The van der Waals surface area contributed by atoms with Crippen molar-refractivity contribution in [3.8, 4) is 0 Å². The third-order valence-electron chi connectivity index (χ3n) is 2.96. The lowest BCUT2D eigenvalue weighted by Gasteiger charge is -2.19. The van der Waals surface area contributed by atoms with Gasteiger partial charge in [0.05, 0.1) is 5.69 Å². The average Bonchev–Trinajstić information content (AvgIpc) is 2.34. The Morgan fingerprint density at radius 1 is 1.06 bits per heavy atom. The molecular formula is C15H15Br2N. The van der Waals surface area contributed by atoms with Gasteiger partial charge in [0.25, 0.3) is 0 Å². The van der Waals surface area contributed by atoms with Gasteiger partial charge in [0.15, 0.2) is 0 Å². The van der Waals surface area contributed by atoms with Gasteiger partial charge in [-0.15, -0.1) is 0 Å². The Bertz CT molecular complexity index is 552. The Hall–Kier alpha value is -0.800. The monoisotopic (exact) mass is 367 g/mol. The Balaban J connectivity index is 2.24. The lowest BCUT2D eigenvalue weighted by Crippen LogP contribution is -2.08. The molecule has 0 aliphatic rings. The van der Waals surface area contributed by atoms with Crippen molar-refractivity contribution in [1.29, 1.82) is 0 Å². The molecule has 0 bridgehead atoms. The molecule has 1 nitrogen and oxygen atoms in total. The highest BCUT2D eigenvalue weighted by molar-refractivity contribution is 9.11. The lowest BCUT2D eigenvalue weighted by atomic mass is 10.0. The van der Waals surface area contributed by atoms with Crippen LogP contribution in [0, 0.1) is 6.92 Å². The van der Waals surface area contributed by atoms with Gasteiger partial charge in [0, 0.05) is 15.0 Å². The molecule has 0 spiro atoms. The first-order valence-corrected chi connectivity index (χ1v) is 7.43. The molecular weight excluding hydrogens is 354 g/mol. The van der Waals surface area contributed by atoms with Gasteiger partial charge >= 0.3 is 0 Å². The molecule has 1 N–H and O–H groups in total. The summed E-state index contributed by atoms with van der Waals surface area (Å²) < 4.78 is 2.15. The van der Waals surface area contributed by atoms with Crippen molar-refractivity contribution in [1.82, 2.24) is 0 Å². The minimum atomic E-state index is 0.275. The predicted molar refractivity (Wildman–Crippen MR) is 85.1 cm³/mol. The average molecular weight is 369 g/mol. The zero-order chi connectivity index (χ0) is 13.1. The van der Waals surface area contributed by atoms with Crippen LogP contribution in [0.1, 0.15) is 24.1 Å². The molecule has 0 aromatic heterocycles. The Morgan fingerprint density at radius 2 is 1.78 bits per heavy atom. The Kier molecular flexibility index (Phi) is 4.46. The molecule has 0 radical (unpaired) electrons. The maximum absolute atomic E-state index is 3.57. The first kappa shape index (κ1) is 13.6. The fourth-order valence-corrected chi connectivity index (χ4v) is 2.71. The molecule has 0 aliphatic heterocycles. The van der Waals surface area contributed by atoms with Crippen molar-refractivity contribution in [2.75, 3.05) is 5.32 Å². The van der Waals surface area contributed by atoms with E-state index in [2.05, 4.69) is 81.4 Å². The summed E-state index contributed by atoms with van der Waals surface area (Å²) in [6.45, 7) is 4.32. The minimum absolute atomic E-state index is 0.275. The standard InChI is InChI=1S/C15H15Br2N/c1-10-5-3-4-6-13(10)11(2)18-15-9-12(16)7-8-14(15)17/h3-9,11,18H,1-2H3. The van der Waals surface area contributed by atoms with E-state index in [1.165, 1.54) is 11.1 Å². The number of aryl methyl sites for hydroxylation is 1. The summed E-state index contributed by atoms with van der Waals surface area (Å²) in [5, 5.41) is 3.53. The van der Waals surface area contributed by atoms with Crippen molar-refractivity contribution >= 4 is 37.5 Å². The molecule has 0 saturated carbocycles. The first-order chi connectivity index (χ1) is 8.58. The first-order valence-electron chi connectivity index (χ1n) is 5.85. The molecule has 94 valence electrons. The number of rotatable bonds is 3. The topological polar surface area (TPSA) is 12.0 Å². The summed E-state index contributed by atoms with van der Waals surface area (Å²) in [5.74, 6) is 0. The summed E-state index contributed by atoms with van der Waals surface area (Å²) in [4.78, 5) is 0. The van der Waals surface area contributed by atoms with Crippen LogP contribution in [0.4, 0.5) is 5.69 Å². The van der Waals surface area contributed by atoms with Gasteiger partial charge in [-0.1, -0.05) is 40.2 Å². The van der Waals surface area contributed by atoms with E-state index in [1.807, 2.05) is 12.1 Å². The van der Waals surface area contributed by atoms with Gasteiger partial charge < -0.3 is 5.32 Å². The summed E-state index contributed by atoms with van der Waals surface area (Å²) in [6.07, 6.45) is 0. The molecule has 0 saturated heterocycles. The second-order valence-corrected chi connectivity index (χ2v) is 6.12. The molecule has 0 amide bonds. The van der Waals surface area contributed by atoms with E-state index in [0.29, 0.717) is 0 Å². The summed E-state index contributed by atoms with van der Waals surface area (Å²) in [5.41, 5.74) is 3.73. The van der Waals surface area contributed by atoms with Gasteiger partial charge in [-0.25, -0.2) is 0 Å². The van der Waals surface area contributed by atoms with E-state index in [-0.39, 0.29) is 6.04 Å². The maximum atomic E-state index is 3.57. The van der Waals surface area contributed by atoms with Crippen molar-refractivity contribution in [3.63, 3.8) is 0 Å². The molecule has 2 aromatic rings. The fraction of sp³-hybridized carbons (Fsp3) is 0.200. The number of halogens is 2. The van der Waals surface area contributed by atoms with Crippen LogP contribution in [0.3, 0.4) is 0 Å². The highest BCUT2D eigenvalue weighted by Crippen LogP contribution is 2.30. The highest BCUT2D eigenvalue weighted by Gasteiger charge is 2.09. The van der Waals surface area contributed by atoms with Crippen molar-refractivity contribution in [2.45, 2.75) is 19.9 Å². The van der Waals surface area contributed by atoms with Crippen LogP contribution in [0.5, 0.6) is 0 Å². The summed E-state index contributed by atoms with van der Waals surface area (Å²) in [6, 6.07) is 14.9. The van der Waals surface area contributed by atoms with Crippen LogP contribution < -0.4 is 5.32 Å². The smallest absolute Gasteiger partial charge is 0.0500 e. The zero-order valence-corrected chi connectivity index (χ0v) is 13.5. The van der Waals surface area contributed by atoms with Gasteiger partial charge in [0.1, 0.15) is 0 Å². The number of benzene rings is 2. The Labute approximate surface area is 125 Å². The molecule has 1 unspecified atom stereocenters. The molecule has 18 heavy (non-hydrogen) atoms. The molecule has 3 heteroatoms. The predicted octanol–water partition coefficient (Wildman–Crippen LogP) is 5.69. The van der Waals surface area contributed by atoms with Gasteiger partial charge in [-0.2, -0.15) is 0 Å². The lowest BCUT2D eigenvalue weighted by molar-refractivity contribution is 0.873. The minimum Gasteiger partial charge on any atom is -0.378 e. The molecule has 0 fully saturated rings. The molecule has 0 heterocycles. The van der Waals surface area contributed by atoms with E-state index < -0.39 is 0 Å². The number of hydrogen-bond acceptors (Lipinski definition) is 1. The fourth-order valence-electron chi connectivity index (χ4n) is 1.99.